The van der Waals surface area contributed by atoms with E-state index >= 15 is 0 Å². The minimum absolute atomic E-state index is 0.170. The van der Waals surface area contributed by atoms with Crippen molar-refractivity contribution in [3.8, 4) is 0 Å². The summed E-state index contributed by atoms with van der Waals surface area (Å²) in [5.74, 6) is 0. The van der Waals surface area contributed by atoms with Crippen LogP contribution in [-0.4, -0.2) is 9.78 Å². The molecule has 0 atom stereocenters. The third-order valence-corrected chi connectivity index (χ3v) is 3.23. The normalized spacial score (nSPS) is 11.9. The summed E-state index contributed by atoms with van der Waals surface area (Å²) in [6.45, 7) is 5.28. The second-order valence-corrected chi connectivity index (χ2v) is 4.85. The molecule has 6 heteroatoms. The van der Waals surface area contributed by atoms with E-state index in [1.54, 1.807) is 6.07 Å². The van der Waals surface area contributed by atoms with Gasteiger partial charge in [0.2, 0.25) is 0 Å². The summed E-state index contributed by atoms with van der Waals surface area (Å²) >= 11 is 0. The standard InChI is InChI=1S/C15H18F3N3/c1-3-21-13(8-11(2)20-21)10-19-9-12-6-4-5-7-14(12)15(16,17)18/h4-8,19H,3,9-10H2,1-2H3. The SMILES string of the molecule is CCn1nc(C)cc1CNCc1ccccc1C(F)(F)F. The van der Waals surface area contributed by atoms with E-state index in [1.807, 2.05) is 24.6 Å². The molecule has 0 aliphatic heterocycles. The van der Waals surface area contributed by atoms with E-state index in [2.05, 4.69) is 10.4 Å². The van der Waals surface area contributed by atoms with Gasteiger partial charge >= 0.3 is 6.18 Å². The van der Waals surface area contributed by atoms with Gasteiger partial charge in [0.1, 0.15) is 0 Å². The van der Waals surface area contributed by atoms with Crippen molar-refractivity contribution in [1.82, 2.24) is 15.1 Å². The fraction of sp³-hybridized carbons (Fsp3) is 0.400. The zero-order chi connectivity index (χ0) is 15.5. The van der Waals surface area contributed by atoms with Gasteiger partial charge in [-0.1, -0.05) is 18.2 Å². The molecule has 1 aromatic heterocycles. The van der Waals surface area contributed by atoms with E-state index in [4.69, 9.17) is 0 Å². The molecule has 0 spiro atoms. The number of nitrogens with one attached hydrogen (secondary N) is 1. The van der Waals surface area contributed by atoms with Crippen LogP contribution in [0, 0.1) is 6.92 Å². The molecule has 3 nitrogen and oxygen atoms in total. The Morgan fingerprint density at radius 1 is 1.19 bits per heavy atom. The van der Waals surface area contributed by atoms with Gasteiger partial charge in [-0.05, 0) is 31.5 Å². The highest BCUT2D eigenvalue weighted by molar-refractivity contribution is 5.29. The van der Waals surface area contributed by atoms with E-state index in [9.17, 15) is 13.2 Å². The molecule has 0 radical (unpaired) electrons. The van der Waals surface area contributed by atoms with Crippen LogP contribution in [0.4, 0.5) is 13.2 Å². The Kier molecular flexibility index (Phi) is 4.67. The van der Waals surface area contributed by atoms with Crippen molar-refractivity contribution in [3.05, 3.63) is 52.8 Å². The second-order valence-electron chi connectivity index (χ2n) is 4.85. The highest BCUT2D eigenvalue weighted by Gasteiger charge is 2.32. The van der Waals surface area contributed by atoms with E-state index in [0.29, 0.717) is 6.54 Å². The van der Waals surface area contributed by atoms with Gasteiger partial charge in [-0.15, -0.1) is 0 Å². The van der Waals surface area contributed by atoms with Gasteiger partial charge in [-0.2, -0.15) is 18.3 Å². The third kappa shape index (κ3) is 3.85. The van der Waals surface area contributed by atoms with Crippen LogP contribution < -0.4 is 5.32 Å². The maximum absolute atomic E-state index is 12.9. The number of hydrogen-bond acceptors (Lipinski definition) is 2. The lowest BCUT2D eigenvalue weighted by molar-refractivity contribution is -0.138. The predicted molar refractivity (Wildman–Crippen MR) is 74.6 cm³/mol. The summed E-state index contributed by atoms with van der Waals surface area (Å²) < 4.78 is 40.5. The lowest BCUT2D eigenvalue weighted by Gasteiger charge is -2.13. The van der Waals surface area contributed by atoms with Crippen LogP contribution in [0.15, 0.2) is 30.3 Å². The van der Waals surface area contributed by atoms with Crippen molar-refractivity contribution in [2.75, 3.05) is 0 Å². The first kappa shape index (κ1) is 15.6. The third-order valence-electron chi connectivity index (χ3n) is 3.23. The van der Waals surface area contributed by atoms with Crippen LogP contribution in [0.5, 0.6) is 0 Å². The predicted octanol–water partition coefficient (Wildman–Crippen LogP) is 3.52. The number of aromatic nitrogens is 2. The average molecular weight is 297 g/mol. The molecule has 1 N–H and O–H groups in total. The van der Waals surface area contributed by atoms with E-state index in [0.717, 1.165) is 24.0 Å². The first-order valence-corrected chi connectivity index (χ1v) is 6.81. The van der Waals surface area contributed by atoms with Crippen molar-refractivity contribution in [3.63, 3.8) is 0 Å². The summed E-state index contributed by atoms with van der Waals surface area (Å²) in [7, 11) is 0. The minimum Gasteiger partial charge on any atom is -0.307 e. The Labute approximate surface area is 121 Å². The highest BCUT2D eigenvalue weighted by Crippen LogP contribution is 2.31. The summed E-state index contributed by atoms with van der Waals surface area (Å²) in [4.78, 5) is 0. The Hall–Kier alpha value is -1.82. The Morgan fingerprint density at radius 2 is 1.90 bits per heavy atom. The van der Waals surface area contributed by atoms with E-state index in [1.165, 1.54) is 12.1 Å². The Balaban J connectivity index is 2.04. The van der Waals surface area contributed by atoms with Crippen molar-refractivity contribution < 1.29 is 13.2 Å². The molecule has 0 fully saturated rings. The van der Waals surface area contributed by atoms with Crippen molar-refractivity contribution in [2.45, 2.75) is 39.7 Å². The molecule has 0 saturated carbocycles. The number of rotatable bonds is 5. The van der Waals surface area contributed by atoms with Crippen molar-refractivity contribution in [1.29, 1.82) is 0 Å². The van der Waals surface area contributed by atoms with Crippen LogP contribution in [-0.2, 0) is 25.8 Å². The lowest BCUT2D eigenvalue weighted by Crippen LogP contribution is -2.19. The van der Waals surface area contributed by atoms with Crippen LogP contribution in [0.1, 0.15) is 29.4 Å². The smallest absolute Gasteiger partial charge is 0.307 e. The molecule has 0 aliphatic rings. The first-order chi connectivity index (χ1) is 9.91. The largest absolute Gasteiger partial charge is 0.416 e. The molecule has 0 unspecified atom stereocenters. The fourth-order valence-corrected chi connectivity index (χ4v) is 2.29. The fourth-order valence-electron chi connectivity index (χ4n) is 2.29. The number of hydrogen-bond donors (Lipinski definition) is 1. The van der Waals surface area contributed by atoms with Gasteiger partial charge in [0, 0.05) is 19.6 Å². The molecule has 21 heavy (non-hydrogen) atoms. The molecule has 0 amide bonds. The van der Waals surface area contributed by atoms with Gasteiger partial charge in [-0.25, -0.2) is 0 Å². The van der Waals surface area contributed by atoms with Gasteiger partial charge in [-0.3, -0.25) is 4.68 Å². The molecule has 2 rings (SSSR count). The molecular weight excluding hydrogens is 279 g/mol. The number of nitrogens with zero attached hydrogens (tertiary/aromatic N) is 2. The van der Waals surface area contributed by atoms with E-state index in [-0.39, 0.29) is 12.1 Å². The number of aryl methyl sites for hydroxylation is 2. The highest BCUT2D eigenvalue weighted by atomic mass is 19.4. The molecule has 2 aromatic rings. The van der Waals surface area contributed by atoms with Gasteiger partial charge in [0.25, 0.3) is 0 Å². The number of alkyl halides is 3. The monoisotopic (exact) mass is 297 g/mol. The van der Waals surface area contributed by atoms with Crippen LogP contribution in [0.3, 0.4) is 0 Å². The molecule has 1 heterocycles. The van der Waals surface area contributed by atoms with Crippen LogP contribution >= 0.6 is 0 Å². The summed E-state index contributed by atoms with van der Waals surface area (Å²) in [5.41, 5.74) is 1.55. The van der Waals surface area contributed by atoms with E-state index < -0.39 is 11.7 Å². The second kappa shape index (κ2) is 6.30. The van der Waals surface area contributed by atoms with Gasteiger partial charge in [0.05, 0.1) is 17.0 Å². The maximum atomic E-state index is 12.9. The van der Waals surface area contributed by atoms with Crippen LogP contribution in [0.2, 0.25) is 0 Å². The zero-order valence-electron chi connectivity index (χ0n) is 12.0. The molecule has 114 valence electrons. The molecule has 1 aromatic carbocycles. The summed E-state index contributed by atoms with van der Waals surface area (Å²) in [5, 5.41) is 7.37. The van der Waals surface area contributed by atoms with Crippen LogP contribution in [0.25, 0.3) is 0 Å². The lowest BCUT2D eigenvalue weighted by atomic mass is 10.1. The maximum Gasteiger partial charge on any atom is 0.416 e. The molecule has 0 bridgehead atoms. The summed E-state index contributed by atoms with van der Waals surface area (Å²) in [6, 6.07) is 7.57. The molecule has 0 aliphatic carbocycles. The van der Waals surface area contributed by atoms with Crippen molar-refractivity contribution in [2.24, 2.45) is 0 Å². The number of halogens is 3. The first-order valence-electron chi connectivity index (χ1n) is 6.81. The summed E-state index contributed by atoms with van der Waals surface area (Å²) in [6.07, 6.45) is -4.32. The Morgan fingerprint density at radius 3 is 2.57 bits per heavy atom. The van der Waals surface area contributed by atoms with Crippen molar-refractivity contribution >= 4 is 0 Å². The molecular formula is C15H18F3N3. The number of benzene rings is 1. The van der Waals surface area contributed by atoms with Gasteiger partial charge in [0.15, 0.2) is 0 Å². The topological polar surface area (TPSA) is 29.9 Å². The Bertz CT molecular complexity index is 602. The minimum atomic E-state index is -4.32. The molecule has 0 saturated heterocycles. The zero-order valence-corrected chi connectivity index (χ0v) is 12.0. The average Bonchev–Trinajstić information content (AvgIpc) is 2.78. The van der Waals surface area contributed by atoms with Gasteiger partial charge < -0.3 is 5.32 Å². The quantitative estimate of drug-likeness (QED) is 0.915.